The summed E-state index contributed by atoms with van der Waals surface area (Å²) in [6.07, 6.45) is -4.43. The van der Waals surface area contributed by atoms with E-state index in [2.05, 4.69) is 19.5 Å². The average Bonchev–Trinajstić information content (AvgIpc) is 2.90. The van der Waals surface area contributed by atoms with Crippen LogP contribution in [0.15, 0.2) is 23.2 Å². The molecule has 1 aromatic carbocycles. The van der Waals surface area contributed by atoms with Crippen molar-refractivity contribution in [2.24, 2.45) is 4.99 Å². The lowest BCUT2D eigenvalue weighted by molar-refractivity contribution is -0.274. The van der Waals surface area contributed by atoms with Crippen molar-refractivity contribution in [3.63, 3.8) is 0 Å². The van der Waals surface area contributed by atoms with Crippen molar-refractivity contribution < 1.29 is 32.2 Å². The van der Waals surface area contributed by atoms with Gasteiger partial charge in [-0.2, -0.15) is 4.99 Å². The minimum Gasteiger partial charge on any atom is -0.484 e. The first-order valence-corrected chi connectivity index (χ1v) is 7.47. The molecule has 1 aromatic heterocycles. The van der Waals surface area contributed by atoms with Crippen LogP contribution in [-0.2, 0) is 14.3 Å². The second kappa shape index (κ2) is 7.47. The summed E-state index contributed by atoms with van der Waals surface area (Å²) in [5.74, 6) is -0.462. The number of alkyl halides is 3. The number of hydrogen-bond donors (Lipinski definition) is 0. The van der Waals surface area contributed by atoms with Gasteiger partial charge in [0.25, 0.3) is 0 Å². The van der Waals surface area contributed by atoms with Crippen molar-refractivity contribution >= 4 is 38.6 Å². The second-order valence-corrected chi connectivity index (χ2v) is 5.47. The van der Waals surface area contributed by atoms with E-state index in [9.17, 15) is 18.0 Å². The van der Waals surface area contributed by atoms with Crippen molar-refractivity contribution in [2.75, 3.05) is 14.2 Å². The number of hydrogen-bond acceptors (Lipinski definition) is 7. The van der Waals surface area contributed by atoms with Gasteiger partial charge >= 0.3 is 12.3 Å². The zero-order valence-corrected chi connectivity index (χ0v) is 13.5. The maximum Gasteiger partial charge on any atom is 0.573 e. The molecule has 2 aromatic rings. The normalized spacial score (nSPS) is 12.3. The van der Waals surface area contributed by atoms with Gasteiger partial charge < -0.3 is 14.2 Å². The first-order valence-electron chi connectivity index (χ1n) is 6.65. The third-order valence-electron chi connectivity index (χ3n) is 2.81. The van der Waals surface area contributed by atoms with Crippen LogP contribution in [0.3, 0.4) is 0 Å². The quantitative estimate of drug-likeness (QED) is 0.459. The first-order chi connectivity index (χ1) is 11.3. The number of halogens is 3. The number of benzene rings is 1. The van der Waals surface area contributed by atoms with E-state index >= 15 is 0 Å². The van der Waals surface area contributed by atoms with E-state index in [4.69, 9.17) is 4.74 Å². The number of aromatic nitrogens is 1. The average molecular weight is 362 g/mol. The zero-order chi connectivity index (χ0) is 17.7. The Morgan fingerprint density at radius 2 is 2.00 bits per heavy atom. The van der Waals surface area contributed by atoms with Crippen LogP contribution in [0.25, 0.3) is 10.2 Å². The van der Waals surface area contributed by atoms with Crippen LogP contribution >= 0.6 is 11.3 Å². The molecule has 10 heteroatoms. The van der Waals surface area contributed by atoms with Crippen molar-refractivity contribution in [1.82, 2.24) is 4.98 Å². The molecular formula is C14H13F3N2O4S. The molecule has 6 nitrogen and oxygen atoms in total. The maximum atomic E-state index is 12.2. The molecule has 0 aliphatic heterocycles. The lowest BCUT2D eigenvalue weighted by atomic mass is 10.3. The Hall–Kier alpha value is -2.36. The van der Waals surface area contributed by atoms with Crippen LogP contribution in [0.5, 0.6) is 5.75 Å². The number of aliphatic imine (C=N–C) groups is 1. The Balaban J connectivity index is 2.19. The topological polar surface area (TPSA) is 70.0 Å². The fraction of sp³-hybridized carbons (Fsp3) is 0.357. The van der Waals surface area contributed by atoms with Gasteiger partial charge in [0.05, 0.1) is 30.9 Å². The molecule has 0 unspecified atom stereocenters. The summed E-state index contributed by atoms with van der Waals surface area (Å²) in [6, 6.07) is 3.82. The van der Waals surface area contributed by atoms with E-state index in [1.165, 1.54) is 32.4 Å². The Bertz CT molecular complexity index is 758. The minimum absolute atomic E-state index is 0.0949. The third-order valence-corrected chi connectivity index (χ3v) is 3.72. The first kappa shape index (κ1) is 18.0. The molecule has 2 rings (SSSR count). The molecule has 0 spiro atoms. The lowest BCUT2D eigenvalue weighted by Crippen LogP contribution is -2.16. The van der Waals surface area contributed by atoms with Crippen molar-refractivity contribution in [2.45, 2.75) is 19.2 Å². The van der Waals surface area contributed by atoms with Gasteiger partial charge in [-0.05, 0) is 12.1 Å². The molecule has 0 saturated carbocycles. The van der Waals surface area contributed by atoms with Crippen molar-refractivity contribution in [3.8, 4) is 5.75 Å². The van der Waals surface area contributed by atoms with Crippen molar-refractivity contribution in [1.29, 1.82) is 0 Å². The summed E-state index contributed by atoms with van der Waals surface area (Å²) < 4.78 is 50.6. The summed E-state index contributed by atoms with van der Waals surface area (Å²) in [7, 11) is 2.68. The molecule has 0 fully saturated rings. The van der Waals surface area contributed by atoms with Gasteiger partial charge in [0, 0.05) is 12.5 Å². The zero-order valence-electron chi connectivity index (χ0n) is 12.7. The molecule has 0 atom stereocenters. The highest BCUT2D eigenvalue weighted by Gasteiger charge is 2.31. The molecule has 24 heavy (non-hydrogen) atoms. The van der Waals surface area contributed by atoms with Gasteiger partial charge in [-0.25, -0.2) is 4.98 Å². The van der Waals surface area contributed by atoms with Gasteiger partial charge in [-0.1, -0.05) is 11.3 Å². The highest BCUT2D eigenvalue weighted by molar-refractivity contribution is 7.22. The predicted molar refractivity (Wildman–Crippen MR) is 81.7 cm³/mol. The van der Waals surface area contributed by atoms with Crippen LogP contribution in [0.4, 0.5) is 18.3 Å². The van der Waals surface area contributed by atoms with Crippen LogP contribution < -0.4 is 4.74 Å². The Kier molecular flexibility index (Phi) is 5.60. The molecule has 130 valence electrons. The van der Waals surface area contributed by atoms with Gasteiger partial charge in [0.1, 0.15) is 5.75 Å². The number of methoxy groups -OCH3 is 2. The fourth-order valence-corrected chi connectivity index (χ4v) is 2.64. The van der Waals surface area contributed by atoms with E-state index in [-0.39, 0.29) is 24.5 Å². The molecule has 0 radical (unpaired) electrons. The standard InChI is InChI=1S/C14H13F3N2O4S/c1-21-11(5-6-12(20)22-2)19-13-18-9-4-3-8(7-10(9)24-13)23-14(15,16)17/h3-4,7H,5-6H2,1-2H3. The summed E-state index contributed by atoms with van der Waals surface area (Å²) in [6.45, 7) is 0. The lowest BCUT2D eigenvalue weighted by Gasteiger charge is -2.07. The molecule has 0 bridgehead atoms. The number of rotatable bonds is 5. The largest absolute Gasteiger partial charge is 0.573 e. The van der Waals surface area contributed by atoms with E-state index in [0.717, 1.165) is 11.3 Å². The number of carbonyl (C=O) groups is 1. The highest BCUT2D eigenvalue weighted by atomic mass is 32.1. The maximum absolute atomic E-state index is 12.2. The minimum atomic E-state index is -4.75. The molecule has 0 N–H and O–H groups in total. The number of fused-ring (bicyclic) bond motifs is 1. The summed E-state index contributed by atoms with van der Waals surface area (Å²) in [4.78, 5) is 19.5. The summed E-state index contributed by atoms with van der Waals surface area (Å²) >= 11 is 1.08. The number of thiazole rings is 1. The van der Waals surface area contributed by atoms with Crippen LogP contribution in [0.2, 0.25) is 0 Å². The molecule has 1 heterocycles. The number of nitrogens with zero attached hydrogens (tertiary/aromatic N) is 2. The van der Waals surface area contributed by atoms with Gasteiger partial charge in [0.15, 0.2) is 5.90 Å². The van der Waals surface area contributed by atoms with Gasteiger partial charge in [-0.3, -0.25) is 4.79 Å². The summed E-state index contributed by atoms with van der Waals surface area (Å²) in [5.41, 5.74) is 0.483. The van der Waals surface area contributed by atoms with E-state index < -0.39 is 12.3 Å². The third kappa shape index (κ3) is 5.08. The van der Waals surface area contributed by atoms with Gasteiger partial charge in [0.2, 0.25) is 5.13 Å². The predicted octanol–water partition coefficient (Wildman–Crippen LogP) is 3.82. The van der Waals surface area contributed by atoms with Crippen LogP contribution in [0.1, 0.15) is 12.8 Å². The highest BCUT2D eigenvalue weighted by Crippen LogP contribution is 2.33. The van der Waals surface area contributed by atoms with E-state index in [1.54, 1.807) is 0 Å². The second-order valence-electron chi connectivity index (χ2n) is 4.46. The number of ether oxygens (including phenoxy) is 3. The Morgan fingerprint density at radius 3 is 2.62 bits per heavy atom. The van der Waals surface area contributed by atoms with Crippen LogP contribution in [0, 0.1) is 0 Å². The fourth-order valence-electron chi connectivity index (χ4n) is 1.76. The van der Waals surface area contributed by atoms with Crippen molar-refractivity contribution in [3.05, 3.63) is 18.2 Å². The SMILES string of the molecule is COC(=O)CCC(=Nc1nc2ccc(OC(F)(F)F)cc2s1)OC. The summed E-state index contributed by atoms with van der Waals surface area (Å²) in [5, 5.41) is 0.302. The molecule has 0 amide bonds. The molecule has 0 saturated heterocycles. The van der Waals surface area contributed by atoms with E-state index in [1.807, 2.05) is 0 Å². The number of carbonyl (C=O) groups excluding carboxylic acids is 1. The molecule has 0 aliphatic carbocycles. The van der Waals surface area contributed by atoms with Crippen LogP contribution in [-0.4, -0.2) is 37.4 Å². The monoisotopic (exact) mass is 362 g/mol. The van der Waals surface area contributed by atoms with E-state index in [0.29, 0.717) is 15.3 Å². The molecular weight excluding hydrogens is 349 g/mol. The van der Waals surface area contributed by atoms with Gasteiger partial charge in [-0.15, -0.1) is 13.2 Å². The number of esters is 1. The Morgan fingerprint density at radius 1 is 1.25 bits per heavy atom. The molecule has 0 aliphatic rings. The smallest absolute Gasteiger partial charge is 0.484 e. The Labute approximate surface area is 138 Å².